The van der Waals surface area contributed by atoms with E-state index in [1.54, 1.807) is 7.11 Å². The first-order chi connectivity index (χ1) is 10.7. The van der Waals surface area contributed by atoms with E-state index >= 15 is 0 Å². The first-order valence-electron chi connectivity index (χ1n) is 7.65. The number of aromatic nitrogens is 2. The number of para-hydroxylation sites is 1. The Bertz CT molecular complexity index is 599. The van der Waals surface area contributed by atoms with Crippen molar-refractivity contribution in [1.82, 2.24) is 15.1 Å². The quantitative estimate of drug-likeness (QED) is 0.890. The van der Waals surface area contributed by atoms with Crippen molar-refractivity contribution in [2.24, 2.45) is 0 Å². The molecule has 0 bridgehead atoms. The maximum Gasteiger partial charge on any atom is 0.119 e. The zero-order chi connectivity index (χ0) is 15.4. The van der Waals surface area contributed by atoms with Gasteiger partial charge in [-0.2, -0.15) is 5.10 Å². The second kappa shape index (κ2) is 6.50. The van der Waals surface area contributed by atoms with Crippen molar-refractivity contribution in [1.29, 1.82) is 0 Å². The number of hydrogen-bond acceptors (Lipinski definition) is 4. The molecule has 1 saturated heterocycles. The summed E-state index contributed by atoms with van der Waals surface area (Å²) >= 11 is 0. The summed E-state index contributed by atoms with van der Waals surface area (Å²) in [6.45, 7) is 5.42. The Morgan fingerprint density at radius 3 is 2.82 bits per heavy atom. The Hall–Kier alpha value is -1.85. The number of ether oxygens (including phenoxy) is 2. The Kier molecular flexibility index (Phi) is 4.45. The van der Waals surface area contributed by atoms with E-state index < -0.39 is 0 Å². The summed E-state index contributed by atoms with van der Waals surface area (Å²) in [4.78, 5) is 2.40. The van der Waals surface area contributed by atoms with Crippen LogP contribution >= 0.6 is 0 Å². The topological polar surface area (TPSA) is 50.4 Å². The molecule has 0 aliphatic carbocycles. The summed E-state index contributed by atoms with van der Waals surface area (Å²) < 4.78 is 11.7. The van der Waals surface area contributed by atoms with Crippen molar-refractivity contribution in [2.75, 3.05) is 26.8 Å². The molecule has 1 N–H and O–H groups in total. The zero-order valence-electron chi connectivity index (χ0n) is 13.2. The van der Waals surface area contributed by atoms with Gasteiger partial charge in [0.15, 0.2) is 0 Å². The largest absolute Gasteiger partial charge is 0.491 e. The fourth-order valence-corrected chi connectivity index (χ4v) is 2.91. The minimum atomic E-state index is -0.229. The van der Waals surface area contributed by atoms with Gasteiger partial charge in [-0.15, -0.1) is 0 Å². The third kappa shape index (κ3) is 3.31. The van der Waals surface area contributed by atoms with Crippen molar-refractivity contribution in [3.05, 3.63) is 47.8 Å². The number of hydrogen-bond donors (Lipinski definition) is 1. The van der Waals surface area contributed by atoms with Crippen molar-refractivity contribution in [3.63, 3.8) is 0 Å². The van der Waals surface area contributed by atoms with Gasteiger partial charge in [0.2, 0.25) is 0 Å². The third-order valence-electron chi connectivity index (χ3n) is 4.40. The maximum absolute atomic E-state index is 5.92. The third-order valence-corrected chi connectivity index (χ3v) is 4.40. The van der Waals surface area contributed by atoms with Crippen LogP contribution in [0.5, 0.6) is 5.75 Å². The number of H-pyrrole nitrogens is 1. The summed E-state index contributed by atoms with van der Waals surface area (Å²) in [5.74, 6) is 0.892. The highest BCUT2D eigenvalue weighted by Gasteiger charge is 2.39. The van der Waals surface area contributed by atoms with Crippen molar-refractivity contribution < 1.29 is 9.47 Å². The maximum atomic E-state index is 5.92. The molecule has 1 fully saturated rings. The van der Waals surface area contributed by atoms with Gasteiger partial charge in [-0.25, -0.2) is 0 Å². The molecule has 0 saturated carbocycles. The molecule has 1 aromatic carbocycles. The van der Waals surface area contributed by atoms with E-state index in [0.29, 0.717) is 6.61 Å². The van der Waals surface area contributed by atoms with E-state index in [1.165, 1.54) is 5.56 Å². The van der Waals surface area contributed by atoms with Crippen molar-refractivity contribution in [2.45, 2.75) is 25.5 Å². The molecule has 5 heteroatoms. The summed E-state index contributed by atoms with van der Waals surface area (Å²) in [6, 6.07) is 9.91. The molecule has 1 atom stereocenters. The number of aryl methyl sites for hydroxylation is 1. The molecule has 0 radical (unpaired) electrons. The van der Waals surface area contributed by atoms with Crippen LogP contribution in [-0.2, 0) is 11.3 Å². The molecule has 1 aromatic heterocycles. The predicted octanol–water partition coefficient (Wildman–Crippen LogP) is 2.39. The number of nitrogens with zero attached hydrogens (tertiary/aromatic N) is 2. The summed E-state index contributed by atoms with van der Waals surface area (Å²) in [7, 11) is 1.78. The van der Waals surface area contributed by atoms with Gasteiger partial charge < -0.3 is 9.47 Å². The Balaban J connectivity index is 1.59. The van der Waals surface area contributed by atoms with Crippen LogP contribution in [-0.4, -0.2) is 47.5 Å². The van der Waals surface area contributed by atoms with Gasteiger partial charge in [-0.1, -0.05) is 18.2 Å². The standard InChI is InChI=1S/C17H23N3O2/c1-14-15(10-18-19-14)11-20-9-8-17(12-20,21-2)13-22-16-6-4-3-5-7-16/h3-7,10H,8-9,11-13H2,1-2H3,(H,18,19). The Labute approximate surface area is 131 Å². The molecule has 1 aliphatic rings. The molecule has 22 heavy (non-hydrogen) atoms. The second-order valence-corrected chi connectivity index (χ2v) is 5.97. The Morgan fingerprint density at radius 2 is 2.14 bits per heavy atom. The molecule has 0 amide bonds. The van der Waals surface area contributed by atoms with Gasteiger partial charge in [0.25, 0.3) is 0 Å². The first-order valence-corrected chi connectivity index (χ1v) is 7.65. The van der Waals surface area contributed by atoms with Gasteiger partial charge in [0.1, 0.15) is 18.0 Å². The molecule has 118 valence electrons. The molecule has 5 nitrogen and oxygen atoms in total. The number of rotatable bonds is 6. The molecular formula is C17H23N3O2. The normalized spacial score (nSPS) is 22.1. The minimum absolute atomic E-state index is 0.229. The lowest BCUT2D eigenvalue weighted by atomic mass is 10.0. The lowest BCUT2D eigenvalue weighted by Gasteiger charge is -2.28. The highest BCUT2D eigenvalue weighted by molar-refractivity contribution is 5.21. The zero-order valence-corrected chi connectivity index (χ0v) is 13.2. The molecule has 3 rings (SSSR count). The van der Waals surface area contributed by atoms with Gasteiger partial charge in [0, 0.05) is 38.0 Å². The molecular weight excluding hydrogens is 278 g/mol. The van der Waals surface area contributed by atoms with Crippen LogP contribution in [0.2, 0.25) is 0 Å². The number of methoxy groups -OCH3 is 1. The average molecular weight is 301 g/mol. The molecule has 0 spiro atoms. The highest BCUT2D eigenvalue weighted by atomic mass is 16.5. The van der Waals surface area contributed by atoms with Crippen LogP contribution in [0.15, 0.2) is 36.5 Å². The summed E-state index contributed by atoms with van der Waals surface area (Å²) in [6.07, 6.45) is 2.88. The molecule has 2 heterocycles. The van der Waals surface area contributed by atoms with E-state index in [0.717, 1.165) is 37.5 Å². The van der Waals surface area contributed by atoms with Gasteiger partial charge in [0.05, 0.1) is 6.20 Å². The fourth-order valence-electron chi connectivity index (χ4n) is 2.91. The lowest BCUT2D eigenvalue weighted by molar-refractivity contribution is -0.0359. The first kappa shape index (κ1) is 15.1. The van der Waals surface area contributed by atoms with E-state index in [2.05, 4.69) is 22.0 Å². The van der Waals surface area contributed by atoms with Gasteiger partial charge >= 0.3 is 0 Å². The van der Waals surface area contributed by atoms with Crippen LogP contribution in [0, 0.1) is 6.92 Å². The van der Waals surface area contributed by atoms with Crippen LogP contribution in [0.4, 0.5) is 0 Å². The van der Waals surface area contributed by atoms with Gasteiger partial charge in [-0.3, -0.25) is 10.00 Å². The smallest absolute Gasteiger partial charge is 0.119 e. The molecule has 1 unspecified atom stereocenters. The molecule has 1 aliphatic heterocycles. The van der Waals surface area contributed by atoms with Crippen LogP contribution in [0.3, 0.4) is 0 Å². The number of benzene rings is 1. The van der Waals surface area contributed by atoms with Gasteiger partial charge in [-0.05, 0) is 25.5 Å². The van der Waals surface area contributed by atoms with E-state index in [-0.39, 0.29) is 5.60 Å². The number of likely N-dealkylation sites (tertiary alicyclic amines) is 1. The minimum Gasteiger partial charge on any atom is -0.491 e. The second-order valence-electron chi connectivity index (χ2n) is 5.97. The monoisotopic (exact) mass is 301 g/mol. The highest BCUT2D eigenvalue weighted by Crippen LogP contribution is 2.27. The Morgan fingerprint density at radius 1 is 1.32 bits per heavy atom. The molecule has 2 aromatic rings. The van der Waals surface area contributed by atoms with Crippen molar-refractivity contribution >= 4 is 0 Å². The summed E-state index contributed by atoms with van der Waals surface area (Å²) in [5.41, 5.74) is 2.15. The van der Waals surface area contributed by atoms with Crippen LogP contribution in [0.1, 0.15) is 17.7 Å². The van der Waals surface area contributed by atoms with Crippen LogP contribution in [0.25, 0.3) is 0 Å². The summed E-state index contributed by atoms with van der Waals surface area (Å²) in [5, 5.41) is 7.08. The van der Waals surface area contributed by atoms with E-state index in [1.807, 2.05) is 36.5 Å². The van der Waals surface area contributed by atoms with E-state index in [9.17, 15) is 0 Å². The van der Waals surface area contributed by atoms with Crippen molar-refractivity contribution in [3.8, 4) is 5.75 Å². The average Bonchev–Trinajstić information content (AvgIpc) is 3.14. The fraction of sp³-hybridized carbons (Fsp3) is 0.471. The van der Waals surface area contributed by atoms with E-state index in [4.69, 9.17) is 9.47 Å². The number of aromatic amines is 1. The predicted molar refractivity (Wildman–Crippen MR) is 84.9 cm³/mol. The lowest BCUT2D eigenvalue weighted by Crippen LogP contribution is -2.41. The van der Waals surface area contributed by atoms with Crippen LogP contribution < -0.4 is 4.74 Å². The number of nitrogens with one attached hydrogen (secondary N) is 1. The SMILES string of the molecule is COC1(COc2ccccc2)CCN(Cc2cn[nH]c2C)C1.